The highest BCUT2D eigenvalue weighted by atomic mass is 35.5. The van der Waals surface area contributed by atoms with Crippen molar-refractivity contribution in [2.45, 2.75) is 38.8 Å². The maximum Gasteiger partial charge on any atom is 0.412 e. The predicted octanol–water partition coefficient (Wildman–Crippen LogP) is 4.88. The maximum absolute atomic E-state index is 13.3. The molecule has 2 aromatic carbocycles. The number of urea groups is 1. The molecule has 0 fully saturated rings. The Morgan fingerprint density at radius 3 is 2.60 bits per heavy atom. The molecule has 3 N–H and O–H groups in total. The minimum atomic E-state index is -1.12. The lowest BCUT2D eigenvalue weighted by Crippen LogP contribution is -2.52. The first-order chi connectivity index (χ1) is 16.8. The summed E-state index contributed by atoms with van der Waals surface area (Å²) >= 11 is 6.07. The van der Waals surface area contributed by atoms with Crippen LogP contribution < -0.4 is 5.32 Å². The van der Waals surface area contributed by atoms with Gasteiger partial charge in [-0.05, 0) is 47.7 Å². The van der Waals surface area contributed by atoms with Crippen LogP contribution in [0, 0.1) is 5.82 Å². The largest absolute Gasteiger partial charge is 0.465 e. The number of fused-ring (bicyclic) bond motifs is 1. The molecule has 0 spiro atoms. The predicted molar refractivity (Wildman–Crippen MR) is 132 cm³/mol. The summed E-state index contributed by atoms with van der Waals surface area (Å²) in [6.07, 6.45) is 3.54. The topological polar surface area (TPSA) is 96.4 Å². The third-order valence-electron chi connectivity index (χ3n) is 5.82. The van der Waals surface area contributed by atoms with E-state index in [9.17, 15) is 19.1 Å². The van der Waals surface area contributed by atoms with Crippen molar-refractivity contribution in [1.82, 2.24) is 20.2 Å². The number of nitrogens with one attached hydrogen (secondary N) is 1. The van der Waals surface area contributed by atoms with E-state index in [0.717, 1.165) is 24.0 Å². The SMILES string of the molecule is CN(C(=O)NCc1ccc(F)cc1Cl)N1Cc2ccccc2C=C1N(CCCCCCO)C(=O)O. The number of carbonyl (C=O) groups is 2. The zero-order valence-corrected chi connectivity index (χ0v) is 20.3. The number of amides is 3. The highest BCUT2D eigenvalue weighted by Gasteiger charge is 2.30. The third-order valence-corrected chi connectivity index (χ3v) is 6.17. The highest BCUT2D eigenvalue weighted by Crippen LogP contribution is 2.28. The van der Waals surface area contributed by atoms with E-state index in [1.54, 1.807) is 18.1 Å². The second-order valence-electron chi connectivity index (χ2n) is 8.25. The first-order valence-electron chi connectivity index (χ1n) is 11.5. The van der Waals surface area contributed by atoms with Crippen molar-refractivity contribution >= 4 is 29.8 Å². The molecule has 10 heteroatoms. The van der Waals surface area contributed by atoms with Crippen molar-refractivity contribution in [2.24, 2.45) is 0 Å². The van der Waals surface area contributed by atoms with Gasteiger partial charge in [0, 0.05) is 31.8 Å². The Kier molecular flexibility index (Phi) is 9.33. The van der Waals surface area contributed by atoms with Crippen LogP contribution in [0.25, 0.3) is 6.08 Å². The van der Waals surface area contributed by atoms with Gasteiger partial charge in [0.05, 0.1) is 6.54 Å². The van der Waals surface area contributed by atoms with Gasteiger partial charge in [-0.15, -0.1) is 0 Å². The average molecular weight is 505 g/mol. The number of benzene rings is 2. The Hall–Kier alpha value is -3.30. The molecule has 35 heavy (non-hydrogen) atoms. The second kappa shape index (κ2) is 12.4. The minimum absolute atomic E-state index is 0.0826. The number of carbonyl (C=O) groups excluding carboxylic acids is 1. The number of unbranched alkanes of at least 4 members (excludes halogenated alkanes) is 3. The van der Waals surface area contributed by atoms with Crippen molar-refractivity contribution in [3.05, 3.63) is 75.8 Å². The van der Waals surface area contributed by atoms with Crippen molar-refractivity contribution in [3.8, 4) is 0 Å². The monoisotopic (exact) mass is 504 g/mol. The molecule has 188 valence electrons. The number of aliphatic hydroxyl groups excluding tert-OH is 1. The summed E-state index contributed by atoms with van der Waals surface area (Å²) in [5.41, 5.74) is 2.40. The molecule has 0 saturated heterocycles. The molecule has 1 aliphatic rings. The Balaban J connectivity index is 1.79. The van der Waals surface area contributed by atoms with Gasteiger partial charge in [0.15, 0.2) is 0 Å². The molecule has 0 radical (unpaired) electrons. The molecule has 0 atom stereocenters. The van der Waals surface area contributed by atoms with Crippen LogP contribution in [-0.2, 0) is 13.1 Å². The lowest BCUT2D eigenvalue weighted by molar-refractivity contribution is 0.0283. The van der Waals surface area contributed by atoms with Crippen LogP contribution in [0.15, 0.2) is 48.3 Å². The van der Waals surface area contributed by atoms with Crippen molar-refractivity contribution in [2.75, 3.05) is 20.2 Å². The molecular weight excluding hydrogens is 475 g/mol. The summed E-state index contributed by atoms with van der Waals surface area (Å²) in [6.45, 7) is 0.754. The van der Waals surface area contributed by atoms with Gasteiger partial charge in [0.2, 0.25) is 0 Å². The first-order valence-corrected chi connectivity index (χ1v) is 11.8. The summed E-state index contributed by atoms with van der Waals surface area (Å²) < 4.78 is 13.3. The maximum atomic E-state index is 13.3. The van der Waals surface area contributed by atoms with E-state index in [-0.39, 0.29) is 24.7 Å². The molecule has 2 aromatic rings. The highest BCUT2D eigenvalue weighted by molar-refractivity contribution is 6.31. The summed E-state index contributed by atoms with van der Waals surface area (Å²) in [4.78, 5) is 26.5. The molecule has 0 aliphatic carbocycles. The first kappa shape index (κ1) is 26.3. The molecule has 1 aliphatic heterocycles. The molecule has 1 heterocycles. The zero-order valence-electron chi connectivity index (χ0n) is 19.6. The van der Waals surface area contributed by atoms with Crippen LogP contribution in [0.2, 0.25) is 5.02 Å². The molecule has 0 unspecified atom stereocenters. The number of nitrogens with zero attached hydrogens (tertiary/aromatic N) is 3. The van der Waals surface area contributed by atoms with Crippen molar-refractivity contribution < 1.29 is 24.2 Å². The number of hydrogen-bond donors (Lipinski definition) is 3. The van der Waals surface area contributed by atoms with Gasteiger partial charge in [0.1, 0.15) is 11.6 Å². The summed E-state index contributed by atoms with van der Waals surface area (Å²) in [5, 5.41) is 24.9. The number of rotatable bonds is 10. The standard InChI is InChI=1S/C25H30ClFN4O4/c1-29(24(33)28-16-19-10-11-21(27)15-22(19)26)31-17-20-9-5-4-8-18(20)14-23(31)30(25(34)35)12-6-2-3-7-13-32/h4-5,8-11,14-15,32H,2-3,6-7,12-13,16-17H2,1H3,(H,28,33)(H,34,35). The number of halogens is 2. The summed E-state index contributed by atoms with van der Waals surface area (Å²) in [6, 6.07) is 11.1. The van der Waals surface area contributed by atoms with E-state index in [1.807, 2.05) is 24.3 Å². The van der Waals surface area contributed by atoms with Gasteiger partial charge < -0.3 is 15.5 Å². The van der Waals surface area contributed by atoms with E-state index in [4.69, 9.17) is 16.7 Å². The summed E-state index contributed by atoms with van der Waals surface area (Å²) in [5.74, 6) is -0.0927. The van der Waals surface area contributed by atoms with E-state index in [2.05, 4.69) is 5.32 Å². The average Bonchev–Trinajstić information content (AvgIpc) is 2.84. The van der Waals surface area contributed by atoms with Crippen LogP contribution in [0.1, 0.15) is 42.4 Å². The van der Waals surface area contributed by atoms with Gasteiger partial charge in [-0.2, -0.15) is 0 Å². The van der Waals surface area contributed by atoms with Gasteiger partial charge >= 0.3 is 12.1 Å². The van der Waals surface area contributed by atoms with Crippen LogP contribution in [0.5, 0.6) is 0 Å². The van der Waals surface area contributed by atoms with Crippen LogP contribution in [0.3, 0.4) is 0 Å². The van der Waals surface area contributed by atoms with Crippen molar-refractivity contribution in [3.63, 3.8) is 0 Å². The molecule has 8 nitrogen and oxygen atoms in total. The number of hydrazine groups is 1. The van der Waals surface area contributed by atoms with Gasteiger partial charge in [0.25, 0.3) is 0 Å². The Labute approximate surface area is 209 Å². The van der Waals surface area contributed by atoms with E-state index >= 15 is 0 Å². The van der Waals surface area contributed by atoms with Crippen LogP contribution >= 0.6 is 11.6 Å². The Morgan fingerprint density at radius 1 is 1.14 bits per heavy atom. The van der Waals surface area contributed by atoms with Gasteiger partial charge in [-0.25, -0.2) is 19.0 Å². The molecule has 0 saturated carbocycles. The fourth-order valence-electron chi connectivity index (χ4n) is 3.86. The third kappa shape index (κ3) is 6.86. The lowest BCUT2D eigenvalue weighted by atomic mass is 10.0. The number of hydrogen-bond acceptors (Lipinski definition) is 4. The molecule has 3 amide bonds. The quantitative estimate of drug-likeness (QED) is 0.401. The van der Waals surface area contributed by atoms with E-state index in [1.165, 1.54) is 28.1 Å². The van der Waals surface area contributed by atoms with Gasteiger partial charge in [-0.3, -0.25) is 9.91 Å². The van der Waals surface area contributed by atoms with Crippen LogP contribution in [-0.4, -0.2) is 57.5 Å². The fraction of sp³-hybridized carbons (Fsp3) is 0.360. The fourth-order valence-corrected chi connectivity index (χ4v) is 4.09. The number of carboxylic acid groups (broad SMARTS) is 1. The van der Waals surface area contributed by atoms with E-state index < -0.39 is 17.9 Å². The lowest BCUT2D eigenvalue weighted by Gasteiger charge is -2.41. The second-order valence-corrected chi connectivity index (χ2v) is 8.66. The Bertz CT molecular complexity index is 1080. The van der Waals surface area contributed by atoms with Crippen molar-refractivity contribution in [1.29, 1.82) is 0 Å². The minimum Gasteiger partial charge on any atom is -0.465 e. The zero-order chi connectivity index (χ0) is 25.4. The molecule has 0 aromatic heterocycles. The van der Waals surface area contributed by atoms with Gasteiger partial charge in [-0.1, -0.05) is 54.8 Å². The molecule has 3 rings (SSSR count). The normalized spacial score (nSPS) is 12.6. The molecular formula is C25H30ClFN4O4. The molecule has 0 bridgehead atoms. The Morgan fingerprint density at radius 2 is 1.89 bits per heavy atom. The summed E-state index contributed by atoms with van der Waals surface area (Å²) in [7, 11) is 1.56. The van der Waals surface area contributed by atoms with Crippen LogP contribution in [0.4, 0.5) is 14.0 Å². The smallest absolute Gasteiger partial charge is 0.412 e. The van der Waals surface area contributed by atoms with E-state index in [0.29, 0.717) is 30.8 Å². The number of aliphatic hydroxyl groups is 1.